The van der Waals surface area contributed by atoms with Crippen LogP contribution in [-0.4, -0.2) is 29.1 Å². The Morgan fingerprint density at radius 1 is 1.40 bits per heavy atom. The fraction of sp³-hybridized carbons (Fsp3) is 0.636. The summed E-state index contributed by atoms with van der Waals surface area (Å²) in [6.07, 6.45) is 0. The Morgan fingerprint density at radius 3 is 2.60 bits per heavy atom. The Labute approximate surface area is 90.5 Å². The molecule has 15 heavy (non-hydrogen) atoms. The molecule has 0 aliphatic carbocycles. The zero-order valence-electron chi connectivity index (χ0n) is 9.57. The second-order valence-corrected chi connectivity index (χ2v) is 4.55. The van der Waals surface area contributed by atoms with Crippen LogP contribution in [0.25, 0.3) is 0 Å². The average molecular weight is 206 g/mol. The van der Waals surface area contributed by atoms with Crippen molar-refractivity contribution in [2.75, 3.05) is 18.0 Å². The van der Waals surface area contributed by atoms with Crippen LogP contribution >= 0.6 is 0 Å². The molecule has 2 heterocycles. The third-order valence-electron chi connectivity index (χ3n) is 2.65. The Balaban J connectivity index is 2.24. The molecule has 0 aromatic carbocycles. The van der Waals surface area contributed by atoms with Crippen molar-refractivity contribution in [1.82, 2.24) is 9.97 Å². The van der Waals surface area contributed by atoms with E-state index in [1.807, 2.05) is 13.0 Å². The van der Waals surface area contributed by atoms with Crippen LogP contribution in [0.5, 0.6) is 0 Å². The van der Waals surface area contributed by atoms with E-state index in [1.165, 1.54) is 0 Å². The van der Waals surface area contributed by atoms with Gasteiger partial charge in [-0.1, -0.05) is 13.8 Å². The predicted molar refractivity (Wildman–Crippen MR) is 61.0 cm³/mol. The third kappa shape index (κ3) is 2.09. The van der Waals surface area contributed by atoms with Crippen molar-refractivity contribution in [3.8, 4) is 0 Å². The number of hydrogen-bond donors (Lipinski definition) is 1. The van der Waals surface area contributed by atoms with Crippen molar-refractivity contribution in [3.63, 3.8) is 0 Å². The van der Waals surface area contributed by atoms with E-state index in [0.29, 0.717) is 5.92 Å². The highest BCUT2D eigenvalue weighted by Crippen LogP contribution is 2.19. The highest BCUT2D eigenvalue weighted by atomic mass is 15.3. The van der Waals surface area contributed by atoms with E-state index < -0.39 is 0 Å². The summed E-state index contributed by atoms with van der Waals surface area (Å²) >= 11 is 0. The molecule has 1 aliphatic rings. The summed E-state index contributed by atoms with van der Waals surface area (Å²) < 4.78 is 0. The van der Waals surface area contributed by atoms with Gasteiger partial charge >= 0.3 is 0 Å². The van der Waals surface area contributed by atoms with Gasteiger partial charge in [-0.2, -0.15) is 0 Å². The zero-order chi connectivity index (χ0) is 11.0. The van der Waals surface area contributed by atoms with E-state index in [1.54, 1.807) is 0 Å². The lowest BCUT2D eigenvalue weighted by Gasteiger charge is -2.37. The average Bonchev–Trinajstić information content (AvgIpc) is 2.12. The lowest BCUT2D eigenvalue weighted by Crippen LogP contribution is -2.56. The molecule has 2 N–H and O–H groups in total. The number of nitrogens with two attached hydrogens (primary N) is 1. The zero-order valence-corrected chi connectivity index (χ0v) is 9.57. The molecule has 1 aromatic heterocycles. The number of nitrogens with zero attached hydrogens (tertiary/aromatic N) is 3. The van der Waals surface area contributed by atoms with E-state index >= 15 is 0 Å². The van der Waals surface area contributed by atoms with E-state index in [2.05, 4.69) is 28.7 Å². The molecule has 0 radical (unpaired) electrons. The monoisotopic (exact) mass is 206 g/mol. The maximum absolute atomic E-state index is 5.74. The van der Waals surface area contributed by atoms with Crippen molar-refractivity contribution in [2.24, 2.45) is 5.73 Å². The Morgan fingerprint density at radius 2 is 2.07 bits per heavy atom. The highest BCUT2D eigenvalue weighted by Gasteiger charge is 2.25. The van der Waals surface area contributed by atoms with Crippen LogP contribution in [0.3, 0.4) is 0 Å². The topological polar surface area (TPSA) is 55.0 Å². The molecule has 4 nitrogen and oxygen atoms in total. The van der Waals surface area contributed by atoms with Gasteiger partial charge in [0.15, 0.2) is 0 Å². The lowest BCUT2D eigenvalue weighted by atomic mass is 10.1. The van der Waals surface area contributed by atoms with Crippen LogP contribution in [0.1, 0.15) is 31.2 Å². The number of anilines is 1. The molecule has 0 bridgehead atoms. The summed E-state index contributed by atoms with van der Waals surface area (Å²) in [5.41, 5.74) is 7.89. The lowest BCUT2D eigenvalue weighted by molar-refractivity contribution is 0.507. The maximum atomic E-state index is 5.74. The minimum Gasteiger partial charge on any atom is -0.338 e. The van der Waals surface area contributed by atoms with Crippen molar-refractivity contribution >= 4 is 5.95 Å². The second-order valence-electron chi connectivity index (χ2n) is 4.55. The molecule has 2 rings (SSSR count). The Kier molecular flexibility index (Phi) is 2.61. The van der Waals surface area contributed by atoms with Crippen LogP contribution in [-0.2, 0) is 0 Å². The molecule has 1 saturated heterocycles. The molecule has 1 aliphatic heterocycles. The molecule has 1 aromatic rings. The molecule has 82 valence electrons. The van der Waals surface area contributed by atoms with E-state index in [-0.39, 0.29) is 6.04 Å². The minimum atomic E-state index is 0.289. The van der Waals surface area contributed by atoms with Crippen LogP contribution < -0.4 is 10.6 Å². The first-order valence-electron chi connectivity index (χ1n) is 5.42. The third-order valence-corrected chi connectivity index (χ3v) is 2.65. The molecule has 0 atom stereocenters. The molecule has 0 saturated carbocycles. The van der Waals surface area contributed by atoms with Gasteiger partial charge in [-0.15, -0.1) is 0 Å². The summed E-state index contributed by atoms with van der Waals surface area (Å²) in [5.74, 6) is 1.28. The number of rotatable bonds is 2. The smallest absolute Gasteiger partial charge is 0.225 e. The molecular weight excluding hydrogens is 188 g/mol. The van der Waals surface area contributed by atoms with Crippen LogP contribution in [0.4, 0.5) is 5.95 Å². The maximum Gasteiger partial charge on any atom is 0.225 e. The minimum absolute atomic E-state index is 0.289. The molecule has 4 heteroatoms. The van der Waals surface area contributed by atoms with Gasteiger partial charge in [0.25, 0.3) is 0 Å². The Bertz CT molecular complexity index is 356. The molecular formula is C11H18N4. The summed E-state index contributed by atoms with van der Waals surface area (Å²) in [5, 5.41) is 0. The van der Waals surface area contributed by atoms with Gasteiger partial charge in [0.1, 0.15) is 0 Å². The van der Waals surface area contributed by atoms with Gasteiger partial charge < -0.3 is 10.6 Å². The molecule has 0 spiro atoms. The molecule has 0 unspecified atom stereocenters. The second kappa shape index (κ2) is 3.77. The van der Waals surface area contributed by atoms with Gasteiger partial charge in [-0.05, 0) is 18.9 Å². The normalized spacial score (nSPS) is 17.0. The largest absolute Gasteiger partial charge is 0.338 e. The summed E-state index contributed by atoms with van der Waals surface area (Å²) in [4.78, 5) is 11.1. The van der Waals surface area contributed by atoms with Gasteiger partial charge in [0.05, 0.1) is 0 Å². The van der Waals surface area contributed by atoms with Crippen molar-refractivity contribution in [1.29, 1.82) is 0 Å². The van der Waals surface area contributed by atoms with Crippen molar-refractivity contribution in [2.45, 2.75) is 32.7 Å². The van der Waals surface area contributed by atoms with Gasteiger partial charge in [0, 0.05) is 30.5 Å². The quantitative estimate of drug-likeness (QED) is 0.786. The highest BCUT2D eigenvalue weighted by molar-refractivity contribution is 5.37. The fourth-order valence-corrected chi connectivity index (χ4v) is 1.69. The first-order valence-corrected chi connectivity index (χ1v) is 5.42. The van der Waals surface area contributed by atoms with Gasteiger partial charge in [-0.25, -0.2) is 9.97 Å². The van der Waals surface area contributed by atoms with E-state index in [9.17, 15) is 0 Å². The van der Waals surface area contributed by atoms with Crippen LogP contribution in [0, 0.1) is 6.92 Å². The fourth-order valence-electron chi connectivity index (χ4n) is 1.69. The molecule has 1 fully saturated rings. The summed E-state index contributed by atoms with van der Waals surface area (Å²) in [6, 6.07) is 2.34. The van der Waals surface area contributed by atoms with Crippen molar-refractivity contribution in [3.05, 3.63) is 17.5 Å². The van der Waals surface area contributed by atoms with Crippen LogP contribution in [0.15, 0.2) is 6.07 Å². The van der Waals surface area contributed by atoms with Crippen LogP contribution in [0.2, 0.25) is 0 Å². The standard InChI is InChI=1S/C11H18N4/c1-7(2)10-4-8(3)13-11(14-10)15-5-9(12)6-15/h4,7,9H,5-6,12H2,1-3H3. The first-order chi connectivity index (χ1) is 7.06. The Hall–Kier alpha value is -1.16. The molecule has 0 amide bonds. The van der Waals surface area contributed by atoms with Gasteiger partial charge in [-0.3, -0.25) is 0 Å². The van der Waals surface area contributed by atoms with Crippen molar-refractivity contribution < 1.29 is 0 Å². The number of hydrogen-bond acceptors (Lipinski definition) is 4. The summed E-state index contributed by atoms with van der Waals surface area (Å²) in [7, 11) is 0. The van der Waals surface area contributed by atoms with E-state index in [4.69, 9.17) is 5.73 Å². The van der Waals surface area contributed by atoms with Gasteiger partial charge in [0.2, 0.25) is 5.95 Å². The predicted octanol–water partition coefficient (Wildman–Crippen LogP) is 1.06. The first kappa shape index (κ1) is 10.4. The number of aromatic nitrogens is 2. The van der Waals surface area contributed by atoms with E-state index in [0.717, 1.165) is 30.4 Å². The number of aryl methyl sites for hydroxylation is 1. The SMILES string of the molecule is Cc1cc(C(C)C)nc(N2CC(N)C2)n1. The summed E-state index contributed by atoms with van der Waals surface area (Å²) in [6.45, 7) is 8.06.